The number of hydrogen-bond acceptors (Lipinski definition) is 2. The van der Waals surface area contributed by atoms with Crippen molar-refractivity contribution in [2.75, 3.05) is 7.11 Å². The Bertz CT molecular complexity index is 393. The molecule has 3 heteroatoms. The smallest absolute Gasteiger partial charge is 0.223 e. The number of carbonyl (C=O) groups is 1. The molecule has 1 aromatic rings. The van der Waals surface area contributed by atoms with Gasteiger partial charge in [-0.1, -0.05) is 25.0 Å². The Hall–Kier alpha value is -1.51. The van der Waals surface area contributed by atoms with Gasteiger partial charge in [0, 0.05) is 5.92 Å². The van der Waals surface area contributed by atoms with Crippen molar-refractivity contribution in [2.45, 2.75) is 38.6 Å². The van der Waals surface area contributed by atoms with Crippen molar-refractivity contribution in [3.8, 4) is 5.75 Å². The van der Waals surface area contributed by atoms with Gasteiger partial charge in [-0.25, -0.2) is 0 Å². The lowest BCUT2D eigenvalue weighted by Crippen LogP contribution is -2.31. The zero-order valence-electron chi connectivity index (χ0n) is 11.1. The molecule has 0 bridgehead atoms. The van der Waals surface area contributed by atoms with Gasteiger partial charge in [0.05, 0.1) is 13.2 Å². The number of ether oxygens (including phenoxy) is 1. The number of nitrogens with one attached hydrogen (secondary N) is 1. The molecular formula is C15H21NO2. The van der Waals surface area contributed by atoms with Gasteiger partial charge >= 0.3 is 0 Å². The Morgan fingerprint density at radius 3 is 2.44 bits per heavy atom. The Labute approximate surface area is 109 Å². The maximum Gasteiger partial charge on any atom is 0.223 e. The fourth-order valence-corrected chi connectivity index (χ4v) is 2.50. The highest BCUT2D eigenvalue weighted by Gasteiger charge is 2.23. The minimum atomic E-state index is 0.0593. The highest BCUT2D eigenvalue weighted by molar-refractivity contribution is 5.79. The molecule has 0 radical (unpaired) electrons. The van der Waals surface area contributed by atoms with E-state index in [1.807, 2.05) is 31.2 Å². The fraction of sp³-hybridized carbons (Fsp3) is 0.533. The van der Waals surface area contributed by atoms with E-state index in [9.17, 15) is 4.79 Å². The predicted molar refractivity (Wildman–Crippen MR) is 71.5 cm³/mol. The average molecular weight is 247 g/mol. The van der Waals surface area contributed by atoms with E-state index in [2.05, 4.69) is 5.32 Å². The van der Waals surface area contributed by atoms with Crippen molar-refractivity contribution in [2.24, 2.45) is 5.92 Å². The Morgan fingerprint density at radius 1 is 1.28 bits per heavy atom. The van der Waals surface area contributed by atoms with E-state index in [0.717, 1.165) is 24.2 Å². The summed E-state index contributed by atoms with van der Waals surface area (Å²) < 4.78 is 5.12. The highest BCUT2D eigenvalue weighted by atomic mass is 16.5. The lowest BCUT2D eigenvalue weighted by molar-refractivity contribution is -0.125. The zero-order chi connectivity index (χ0) is 13.0. The second-order valence-corrected chi connectivity index (χ2v) is 4.98. The van der Waals surface area contributed by atoms with Crippen LogP contribution in [0.2, 0.25) is 0 Å². The first kappa shape index (κ1) is 12.9. The molecule has 1 N–H and O–H groups in total. The number of carbonyl (C=O) groups excluding carboxylic acids is 1. The molecule has 2 rings (SSSR count). The first-order valence-electron chi connectivity index (χ1n) is 6.65. The quantitative estimate of drug-likeness (QED) is 0.888. The molecule has 1 aliphatic rings. The third-order valence-corrected chi connectivity index (χ3v) is 3.70. The summed E-state index contributed by atoms with van der Waals surface area (Å²) in [5.41, 5.74) is 1.11. The molecule has 1 unspecified atom stereocenters. The van der Waals surface area contributed by atoms with Crippen molar-refractivity contribution in [1.29, 1.82) is 0 Å². The average Bonchev–Trinajstić information content (AvgIpc) is 2.92. The van der Waals surface area contributed by atoms with Crippen molar-refractivity contribution in [3.63, 3.8) is 0 Å². The van der Waals surface area contributed by atoms with E-state index < -0.39 is 0 Å². The van der Waals surface area contributed by atoms with Gasteiger partial charge in [0.2, 0.25) is 5.91 Å². The van der Waals surface area contributed by atoms with Crippen LogP contribution in [0.1, 0.15) is 44.2 Å². The number of hydrogen-bond donors (Lipinski definition) is 1. The molecule has 98 valence electrons. The molecule has 0 spiro atoms. The SMILES string of the molecule is COc1ccc(C(C)NC(=O)C2CCCC2)cc1. The number of amides is 1. The summed E-state index contributed by atoms with van der Waals surface area (Å²) in [6.07, 6.45) is 4.46. The summed E-state index contributed by atoms with van der Waals surface area (Å²) in [5.74, 6) is 1.27. The molecule has 0 saturated heterocycles. The van der Waals surface area contributed by atoms with E-state index in [4.69, 9.17) is 4.74 Å². The second kappa shape index (κ2) is 5.89. The van der Waals surface area contributed by atoms with Crippen molar-refractivity contribution >= 4 is 5.91 Å². The predicted octanol–water partition coefficient (Wildman–Crippen LogP) is 3.06. The zero-order valence-corrected chi connectivity index (χ0v) is 11.1. The van der Waals surface area contributed by atoms with E-state index in [1.165, 1.54) is 12.8 Å². The minimum absolute atomic E-state index is 0.0593. The third-order valence-electron chi connectivity index (χ3n) is 3.70. The molecule has 1 fully saturated rings. The van der Waals surface area contributed by atoms with Gasteiger partial charge in [-0.3, -0.25) is 4.79 Å². The third kappa shape index (κ3) is 3.03. The van der Waals surface area contributed by atoms with Crippen LogP contribution in [-0.2, 0) is 4.79 Å². The minimum Gasteiger partial charge on any atom is -0.497 e. The first-order valence-corrected chi connectivity index (χ1v) is 6.65. The van der Waals surface area contributed by atoms with Gasteiger partial charge in [0.15, 0.2) is 0 Å². The second-order valence-electron chi connectivity index (χ2n) is 4.98. The molecule has 0 heterocycles. The molecule has 18 heavy (non-hydrogen) atoms. The molecule has 0 aliphatic heterocycles. The van der Waals surface area contributed by atoms with Gasteiger partial charge < -0.3 is 10.1 Å². The maximum absolute atomic E-state index is 12.0. The topological polar surface area (TPSA) is 38.3 Å². The van der Waals surface area contributed by atoms with Crippen LogP contribution in [0, 0.1) is 5.92 Å². The molecule has 1 amide bonds. The van der Waals surface area contributed by atoms with Crippen LogP contribution < -0.4 is 10.1 Å². The lowest BCUT2D eigenvalue weighted by Gasteiger charge is -2.17. The molecule has 0 aromatic heterocycles. The molecule has 1 atom stereocenters. The Kier molecular flexibility index (Phi) is 4.24. The van der Waals surface area contributed by atoms with E-state index in [0.29, 0.717) is 0 Å². The van der Waals surface area contributed by atoms with Crippen LogP contribution in [-0.4, -0.2) is 13.0 Å². The normalized spacial score (nSPS) is 17.4. The van der Waals surface area contributed by atoms with Crippen LogP contribution in [0.15, 0.2) is 24.3 Å². The van der Waals surface area contributed by atoms with Crippen molar-refractivity contribution < 1.29 is 9.53 Å². The summed E-state index contributed by atoms with van der Waals surface area (Å²) in [6.45, 7) is 2.02. The molecule has 3 nitrogen and oxygen atoms in total. The summed E-state index contributed by atoms with van der Waals surface area (Å²) in [5, 5.41) is 3.10. The summed E-state index contributed by atoms with van der Waals surface area (Å²) >= 11 is 0. The van der Waals surface area contributed by atoms with Gasteiger partial charge in [-0.2, -0.15) is 0 Å². The fourth-order valence-electron chi connectivity index (χ4n) is 2.50. The van der Waals surface area contributed by atoms with E-state index in [-0.39, 0.29) is 17.9 Å². The van der Waals surface area contributed by atoms with Crippen molar-refractivity contribution in [3.05, 3.63) is 29.8 Å². The van der Waals surface area contributed by atoms with Gasteiger partial charge in [-0.15, -0.1) is 0 Å². The van der Waals surface area contributed by atoms with Crippen LogP contribution in [0.5, 0.6) is 5.75 Å². The number of methoxy groups -OCH3 is 1. The Morgan fingerprint density at radius 2 is 1.89 bits per heavy atom. The number of benzene rings is 1. The maximum atomic E-state index is 12.0. The molecule has 1 saturated carbocycles. The molecular weight excluding hydrogens is 226 g/mol. The van der Waals surface area contributed by atoms with E-state index >= 15 is 0 Å². The summed E-state index contributed by atoms with van der Waals surface area (Å²) in [7, 11) is 1.65. The monoisotopic (exact) mass is 247 g/mol. The molecule has 1 aromatic carbocycles. The van der Waals surface area contributed by atoms with Crippen LogP contribution in [0.4, 0.5) is 0 Å². The highest BCUT2D eigenvalue weighted by Crippen LogP contribution is 2.26. The first-order chi connectivity index (χ1) is 8.70. The van der Waals surface area contributed by atoms with Gasteiger partial charge in [0.1, 0.15) is 5.75 Å². The van der Waals surface area contributed by atoms with Gasteiger partial charge in [-0.05, 0) is 37.5 Å². The lowest BCUT2D eigenvalue weighted by atomic mass is 10.0. The summed E-state index contributed by atoms with van der Waals surface area (Å²) in [6, 6.07) is 7.90. The van der Waals surface area contributed by atoms with Crippen LogP contribution in [0.25, 0.3) is 0 Å². The largest absolute Gasteiger partial charge is 0.497 e. The summed E-state index contributed by atoms with van der Waals surface area (Å²) in [4.78, 5) is 12.0. The van der Waals surface area contributed by atoms with E-state index in [1.54, 1.807) is 7.11 Å². The van der Waals surface area contributed by atoms with Crippen molar-refractivity contribution in [1.82, 2.24) is 5.32 Å². The number of rotatable bonds is 4. The molecule has 1 aliphatic carbocycles. The van der Waals surface area contributed by atoms with Gasteiger partial charge in [0.25, 0.3) is 0 Å². The van der Waals surface area contributed by atoms with Crippen LogP contribution >= 0.6 is 0 Å². The Balaban J connectivity index is 1.93. The standard InChI is InChI=1S/C15H21NO2/c1-11(12-7-9-14(18-2)10-8-12)16-15(17)13-5-3-4-6-13/h7-11,13H,3-6H2,1-2H3,(H,16,17). The van der Waals surface area contributed by atoms with Crippen LogP contribution in [0.3, 0.4) is 0 Å².